The van der Waals surface area contributed by atoms with E-state index < -0.39 is 36.5 Å². The number of hydrazine groups is 1. The Morgan fingerprint density at radius 1 is 1.22 bits per heavy atom. The molecule has 3 aliphatic rings. The smallest absolute Gasteiger partial charge is 0.280 e. The maximum Gasteiger partial charge on any atom is 0.280 e. The Bertz CT molecular complexity index is 1370. The summed E-state index contributed by atoms with van der Waals surface area (Å²) in [6.45, 7) is -0.271. The van der Waals surface area contributed by atoms with E-state index in [1.54, 1.807) is 4.90 Å². The van der Waals surface area contributed by atoms with Crippen LogP contribution >= 0.6 is 0 Å². The highest BCUT2D eigenvalue weighted by Gasteiger charge is 2.43. The van der Waals surface area contributed by atoms with Crippen LogP contribution in [0.1, 0.15) is 19.1 Å². The number of aromatic nitrogens is 6. The Labute approximate surface area is 206 Å². The quantitative estimate of drug-likeness (QED) is 0.157. The summed E-state index contributed by atoms with van der Waals surface area (Å²) in [5.41, 5.74) is 14.3. The summed E-state index contributed by atoms with van der Waals surface area (Å²) in [7, 11) is 0. The van der Waals surface area contributed by atoms with Crippen LogP contribution in [-0.2, 0) is 14.5 Å². The predicted octanol–water partition coefficient (Wildman–Crippen LogP) is -3.37. The van der Waals surface area contributed by atoms with E-state index in [1.807, 2.05) is 0 Å². The normalized spacial score (nSPS) is 28.0. The average Bonchev–Trinajstić information content (AvgIpc) is 3.62. The Hall–Kier alpha value is -3.69. The molecular formula is C18H24N12O7. The SMILES string of the molecule is Nc1nc2c(ncn2[C@H]2C[C@H](O)N(NON3CN([C@H]4C[C@H](O)[C@@H](CO)O4)c4ncnc(N)c43)O2)c(=O)[nH]1. The minimum atomic E-state index is -1.16. The monoisotopic (exact) mass is 520 g/mol. The number of nitrogens with one attached hydrogen (secondary N) is 2. The van der Waals surface area contributed by atoms with Crippen molar-refractivity contribution >= 4 is 34.4 Å². The van der Waals surface area contributed by atoms with Gasteiger partial charge in [-0.1, -0.05) is 10.8 Å². The molecule has 37 heavy (non-hydrogen) atoms. The molecule has 198 valence electrons. The molecule has 3 aromatic heterocycles. The van der Waals surface area contributed by atoms with Gasteiger partial charge in [0.2, 0.25) is 5.95 Å². The van der Waals surface area contributed by atoms with Gasteiger partial charge in [0.25, 0.3) is 5.56 Å². The fourth-order valence-electron chi connectivity index (χ4n) is 4.49. The number of H-pyrrole nitrogens is 1. The molecular weight excluding hydrogens is 496 g/mol. The van der Waals surface area contributed by atoms with Crippen LogP contribution < -0.4 is 32.6 Å². The lowest BCUT2D eigenvalue weighted by atomic mass is 10.2. The highest BCUT2D eigenvalue weighted by Crippen LogP contribution is 2.41. The van der Waals surface area contributed by atoms with E-state index in [-0.39, 0.29) is 49.0 Å². The number of hydrogen-bond donors (Lipinski definition) is 7. The Morgan fingerprint density at radius 2 is 2.05 bits per heavy atom. The van der Waals surface area contributed by atoms with Crippen LogP contribution in [0.15, 0.2) is 17.4 Å². The van der Waals surface area contributed by atoms with Crippen LogP contribution in [0.2, 0.25) is 0 Å². The fraction of sp³-hybridized carbons (Fsp3) is 0.500. The number of rotatable bonds is 6. The first-order chi connectivity index (χ1) is 17.8. The second-order valence-corrected chi connectivity index (χ2v) is 8.60. The van der Waals surface area contributed by atoms with Gasteiger partial charge in [-0.15, -0.1) is 0 Å². The van der Waals surface area contributed by atoms with Crippen LogP contribution in [0.3, 0.4) is 0 Å². The third-order valence-corrected chi connectivity index (χ3v) is 6.29. The second kappa shape index (κ2) is 9.00. The van der Waals surface area contributed by atoms with Crippen LogP contribution in [0, 0.1) is 0 Å². The molecule has 0 amide bonds. The lowest BCUT2D eigenvalue weighted by Gasteiger charge is -2.26. The number of aliphatic hydroxyl groups excluding tert-OH is 3. The molecule has 0 aliphatic carbocycles. The van der Waals surface area contributed by atoms with Crippen LogP contribution in [-0.4, -0.2) is 87.9 Å². The molecule has 3 aliphatic heterocycles. The lowest BCUT2D eigenvalue weighted by Crippen LogP contribution is -2.47. The van der Waals surface area contributed by atoms with E-state index in [1.165, 1.54) is 22.3 Å². The van der Waals surface area contributed by atoms with E-state index in [4.69, 9.17) is 26.0 Å². The highest BCUT2D eigenvalue weighted by molar-refractivity contribution is 5.80. The Morgan fingerprint density at radius 3 is 2.84 bits per heavy atom. The minimum Gasteiger partial charge on any atom is -0.394 e. The number of nitrogen functional groups attached to an aromatic ring is 2. The molecule has 0 spiro atoms. The van der Waals surface area contributed by atoms with Gasteiger partial charge in [0.05, 0.1) is 19.0 Å². The van der Waals surface area contributed by atoms with Crippen molar-refractivity contribution in [2.45, 2.75) is 43.7 Å². The van der Waals surface area contributed by atoms with Gasteiger partial charge in [0, 0.05) is 12.8 Å². The maximum atomic E-state index is 12.1. The molecule has 0 bridgehead atoms. The van der Waals surface area contributed by atoms with Crippen LogP contribution in [0.5, 0.6) is 0 Å². The van der Waals surface area contributed by atoms with E-state index in [2.05, 4.69) is 30.5 Å². The second-order valence-electron chi connectivity index (χ2n) is 8.60. The van der Waals surface area contributed by atoms with Crippen molar-refractivity contribution in [3.8, 4) is 0 Å². The number of hydrogen-bond acceptors (Lipinski definition) is 17. The molecule has 6 heterocycles. The summed E-state index contributed by atoms with van der Waals surface area (Å²) in [5, 5.41) is 32.4. The molecule has 0 saturated carbocycles. The van der Waals surface area contributed by atoms with E-state index >= 15 is 0 Å². The van der Waals surface area contributed by atoms with Crippen molar-refractivity contribution in [3.63, 3.8) is 0 Å². The number of hydroxylamine groups is 2. The summed E-state index contributed by atoms with van der Waals surface area (Å²) in [5.74, 6) is 0.424. The van der Waals surface area contributed by atoms with Gasteiger partial charge in [-0.05, 0) is 0 Å². The average molecular weight is 520 g/mol. The number of imidazole rings is 1. The molecule has 2 fully saturated rings. The third-order valence-electron chi connectivity index (χ3n) is 6.29. The minimum absolute atomic E-state index is 0.0618. The van der Waals surface area contributed by atoms with Gasteiger partial charge in [0.15, 0.2) is 40.9 Å². The highest BCUT2D eigenvalue weighted by atomic mass is 16.9. The van der Waals surface area contributed by atoms with Crippen LogP contribution in [0.4, 0.5) is 23.3 Å². The van der Waals surface area contributed by atoms with Crippen molar-refractivity contribution in [3.05, 3.63) is 23.0 Å². The Balaban J connectivity index is 1.17. The van der Waals surface area contributed by atoms with Gasteiger partial charge < -0.3 is 36.4 Å². The van der Waals surface area contributed by atoms with Gasteiger partial charge >= 0.3 is 0 Å². The number of anilines is 4. The summed E-state index contributed by atoms with van der Waals surface area (Å²) in [6.07, 6.45) is -1.20. The van der Waals surface area contributed by atoms with E-state index in [9.17, 15) is 20.1 Å². The predicted molar refractivity (Wildman–Crippen MR) is 122 cm³/mol. The first-order valence-corrected chi connectivity index (χ1v) is 11.2. The zero-order chi connectivity index (χ0) is 25.8. The molecule has 3 aromatic rings. The van der Waals surface area contributed by atoms with Crippen molar-refractivity contribution in [1.82, 2.24) is 40.2 Å². The summed E-state index contributed by atoms with van der Waals surface area (Å²) >= 11 is 0. The van der Waals surface area contributed by atoms with E-state index in [0.717, 1.165) is 5.17 Å². The maximum absolute atomic E-state index is 12.1. The first kappa shape index (κ1) is 23.7. The van der Waals surface area contributed by atoms with Gasteiger partial charge in [-0.25, -0.2) is 20.0 Å². The molecule has 0 unspecified atom stereocenters. The molecule has 19 heteroatoms. The first-order valence-electron chi connectivity index (χ1n) is 11.2. The van der Waals surface area contributed by atoms with Crippen molar-refractivity contribution < 1.29 is 29.8 Å². The molecule has 19 nitrogen and oxygen atoms in total. The number of nitrogens with zero attached hydrogens (tertiary/aromatic N) is 8. The summed E-state index contributed by atoms with van der Waals surface area (Å²) < 4.78 is 7.22. The molecule has 9 N–H and O–H groups in total. The number of ether oxygens (including phenoxy) is 1. The fourth-order valence-corrected chi connectivity index (χ4v) is 4.49. The molecule has 0 aromatic carbocycles. The number of aliphatic hydroxyl groups is 3. The Kier molecular flexibility index (Phi) is 5.77. The molecule has 2 saturated heterocycles. The molecule has 0 radical (unpaired) electrons. The molecule has 6 rings (SSSR count). The van der Waals surface area contributed by atoms with Gasteiger partial charge in [-0.3, -0.25) is 19.2 Å². The summed E-state index contributed by atoms with van der Waals surface area (Å²) in [4.78, 5) is 43.9. The zero-order valence-corrected chi connectivity index (χ0v) is 19.1. The lowest BCUT2D eigenvalue weighted by molar-refractivity contribution is -0.311. The summed E-state index contributed by atoms with van der Waals surface area (Å²) in [6, 6.07) is 0. The van der Waals surface area contributed by atoms with E-state index in [0.29, 0.717) is 11.5 Å². The van der Waals surface area contributed by atoms with Crippen molar-refractivity contribution in [2.24, 2.45) is 0 Å². The van der Waals surface area contributed by atoms with Crippen molar-refractivity contribution in [1.29, 1.82) is 0 Å². The molecule has 5 atom stereocenters. The van der Waals surface area contributed by atoms with Gasteiger partial charge in [0.1, 0.15) is 25.3 Å². The van der Waals surface area contributed by atoms with Gasteiger partial charge in [-0.2, -0.15) is 9.92 Å². The topological polar surface area (TPSA) is 252 Å². The number of nitrogens with two attached hydrogens (primary N) is 2. The third kappa shape index (κ3) is 3.98. The zero-order valence-electron chi connectivity index (χ0n) is 19.1. The van der Waals surface area contributed by atoms with Crippen molar-refractivity contribution in [2.75, 3.05) is 34.7 Å². The van der Waals surface area contributed by atoms with Crippen LogP contribution in [0.25, 0.3) is 11.2 Å². The standard InChI is InChI=1S/C18H24N12O7/c19-14-13-16(22-4-21-14)28(10-1-7(32)8(3-31)35-10)6-29(13)37-26-30-9(33)2-11(36-30)27-5-23-12-15(27)24-18(20)25-17(12)34/h4-5,7-11,26,31-33H,1-3,6H2,(H2,19,21,22)(H3,20,24,25,34)/t7-,8+,9-,10+,11+/m0/s1. The number of aromatic amines is 1. The number of fused-ring (bicyclic) bond motifs is 2. The largest absolute Gasteiger partial charge is 0.394 e.